The molecular formula is C19H30BrN. The van der Waals surface area contributed by atoms with Crippen molar-refractivity contribution in [2.24, 2.45) is 16.7 Å². The zero-order chi connectivity index (χ0) is 16.0. The predicted molar refractivity (Wildman–Crippen MR) is 95.7 cm³/mol. The van der Waals surface area contributed by atoms with Gasteiger partial charge in [-0.25, -0.2) is 0 Å². The maximum absolute atomic E-state index is 3.83. The van der Waals surface area contributed by atoms with Crippen molar-refractivity contribution in [2.45, 2.75) is 60.9 Å². The summed E-state index contributed by atoms with van der Waals surface area (Å²) in [5.74, 6) is 0.691. The summed E-state index contributed by atoms with van der Waals surface area (Å²) in [6.07, 6.45) is 1.18. The third-order valence-electron chi connectivity index (χ3n) is 5.96. The molecule has 0 spiro atoms. The van der Waals surface area contributed by atoms with Gasteiger partial charge in [0.2, 0.25) is 0 Å². The molecule has 1 unspecified atom stereocenters. The van der Waals surface area contributed by atoms with Crippen molar-refractivity contribution in [1.82, 2.24) is 5.32 Å². The van der Waals surface area contributed by atoms with Gasteiger partial charge in [-0.05, 0) is 66.3 Å². The van der Waals surface area contributed by atoms with Gasteiger partial charge in [-0.2, -0.15) is 0 Å². The van der Waals surface area contributed by atoms with Gasteiger partial charge in [0.05, 0.1) is 0 Å². The van der Waals surface area contributed by atoms with E-state index in [1.165, 1.54) is 27.6 Å². The Bertz CT molecular complexity index is 517. The van der Waals surface area contributed by atoms with Crippen molar-refractivity contribution in [3.63, 3.8) is 0 Å². The molecule has 1 atom stereocenters. The van der Waals surface area contributed by atoms with Crippen molar-refractivity contribution >= 4 is 15.9 Å². The van der Waals surface area contributed by atoms with E-state index in [2.05, 4.69) is 81.8 Å². The lowest BCUT2D eigenvalue weighted by Gasteiger charge is -2.24. The Hall–Kier alpha value is -0.340. The minimum Gasteiger partial charge on any atom is -0.310 e. The minimum atomic E-state index is 0.395. The fourth-order valence-electron chi connectivity index (χ4n) is 3.93. The summed E-state index contributed by atoms with van der Waals surface area (Å²) in [6, 6.07) is 5.10. The Morgan fingerprint density at radius 3 is 2.14 bits per heavy atom. The van der Waals surface area contributed by atoms with Crippen molar-refractivity contribution < 1.29 is 0 Å². The molecule has 1 aliphatic rings. The smallest absolute Gasteiger partial charge is 0.0362 e. The summed E-state index contributed by atoms with van der Waals surface area (Å²) in [5.41, 5.74) is 4.99. The topological polar surface area (TPSA) is 12.0 Å². The number of hydrogen-bond donors (Lipinski definition) is 1. The summed E-state index contributed by atoms with van der Waals surface area (Å²) in [5, 5.41) is 3.83. The van der Waals surface area contributed by atoms with Gasteiger partial charge in [-0.3, -0.25) is 0 Å². The molecule has 0 bridgehead atoms. The highest BCUT2D eigenvalue weighted by molar-refractivity contribution is 9.10. The molecule has 1 nitrogen and oxygen atoms in total. The molecule has 1 aromatic carbocycles. The third-order valence-corrected chi connectivity index (χ3v) is 6.82. The molecule has 1 aromatic rings. The summed E-state index contributed by atoms with van der Waals surface area (Å²) >= 11 is 3.66. The molecule has 0 heterocycles. The van der Waals surface area contributed by atoms with E-state index in [1.807, 2.05) is 0 Å². The van der Waals surface area contributed by atoms with Crippen LogP contribution < -0.4 is 5.32 Å². The number of nitrogens with one attached hydrogen (secondary N) is 1. The summed E-state index contributed by atoms with van der Waals surface area (Å²) in [7, 11) is 0. The molecule has 1 fully saturated rings. The van der Waals surface area contributed by atoms with E-state index in [9.17, 15) is 0 Å². The lowest BCUT2D eigenvalue weighted by molar-refractivity contribution is 0.408. The van der Waals surface area contributed by atoms with E-state index in [-0.39, 0.29) is 0 Å². The predicted octanol–water partition coefficient (Wildman–Crippen LogP) is 5.79. The maximum atomic E-state index is 3.83. The van der Waals surface area contributed by atoms with Crippen LogP contribution in [0.4, 0.5) is 0 Å². The number of benzene rings is 1. The van der Waals surface area contributed by atoms with E-state index in [4.69, 9.17) is 0 Å². The average Bonchev–Trinajstić information content (AvgIpc) is 2.78. The second-order valence-corrected chi connectivity index (χ2v) is 8.67. The summed E-state index contributed by atoms with van der Waals surface area (Å²) in [4.78, 5) is 0. The molecule has 118 valence electrons. The fourth-order valence-corrected chi connectivity index (χ4v) is 4.38. The van der Waals surface area contributed by atoms with Crippen LogP contribution in [-0.2, 0) is 0 Å². The van der Waals surface area contributed by atoms with Crippen molar-refractivity contribution in [3.8, 4) is 0 Å². The molecule has 2 rings (SSSR count). The average molecular weight is 352 g/mol. The van der Waals surface area contributed by atoms with Crippen LogP contribution in [0.15, 0.2) is 16.6 Å². The Labute approximate surface area is 139 Å². The molecule has 0 aromatic heterocycles. The molecular weight excluding hydrogens is 322 g/mol. The molecule has 0 radical (unpaired) electrons. The van der Waals surface area contributed by atoms with Gasteiger partial charge in [0.25, 0.3) is 0 Å². The Morgan fingerprint density at radius 1 is 1.10 bits per heavy atom. The van der Waals surface area contributed by atoms with E-state index in [1.54, 1.807) is 0 Å². The fraction of sp³-hybridized carbons (Fsp3) is 0.684. The number of halogens is 1. The SMILES string of the molecule is CCCNC(c1cc(C)c(Br)cc1C)C1C(C)(C)C1(C)C. The van der Waals surface area contributed by atoms with Crippen LogP contribution in [0.25, 0.3) is 0 Å². The minimum absolute atomic E-state index is 0.395. The molecule has 0 amide bonds. The standard InChI is InChI=1S/C19H30BrN/c1-8-9-21-16(17-18(4,5)19(17,6)7)14-10-13(3)15(20)11-12(14)2/h10-11,16-17,21H,8-9H2,1-7H3. The Kier molecular flexibility index (Phi) is 4.62. The third kappa shape index (κ3) is 2.82. The summed E-state index contributed by atoms with van der Waals surface area (Å²) in [6.45, 7) is 17.4. The van der Waals surface area contributed by atoms with Crippen LogP contribution in [0.3, 0.4) is 0 Å². The molecule has 1 aliphatic carbocycles. The lowest BCUT2D eigenvalue weighted by atomic mass is 9.91. The van der Waals surface area contributed by atoms with Gasteiger partial charge in [0, 0.05) is 10.5 Å². The van der Waals surface area contributed by atoms with Gasteiger partial charge in [0.15, 0.2) is 0 Å². The van der Waals surface area contributed by atoms with Crippen LogP contribution in [0.2, 0.25) is 0 Å². The first kappa shape index (κ1) is 17.0. The van der Waals surface area contributed by atoms with Gasteiger partial charge in [0.1, 0.15) is 0 Å². The first-order valence-corrected chi connectivity index (χ1v) is 8.94. The van der Waals surface area contributed by atoms with Crippen LogP contribution in [0.1, 0.15) is 63.8 Å². The Morgan fingerprint density at radius 2 is 1.67 bits per heavy atom. The Balaban J connectivity index is 2.41. The zero-order valence-corrected chi connectivity index (χ0v) is 16.2. The zero-order valence-electron chi connectivity index (χ0n) is 14.6. The van der Waals surface area contributed by atoms with Crippen LogP contribution in [0, 0.1) is 30.6 Å². The first-order chi connectivity index (χ1) is 9.64. The molecule has 0 saturated heterocycles. The van der Waals surface area contributed by atoms with E-state index >= 15 is 0 Å². The van der Waals surface area contributed by atoms with E-state index in [0.29, 0.717) is 22.8 Å². The number of rotatable bonds is 5. The quantitative estimate of drug-likeness (QED) is 0.707. The number of aryl methyl sites for hydroxylation is 2. The largest absolute Gasteiger partial charge is 0.310 e. The molecule has 0 aliphatic heterocycles. The molecule has 1 N–H and O–H groups in total. The lowest BCUT2D eigenvalue weighted by Crippen LogP contribution is -2.27. The van der Waals surface area contributed by atoms with E-state index in [0.717, 1.165) is 6.54 Å². The van der Waals surface area contributed by atoms with Gasteiger partial charge in [-0.15, -0.1) is 0 Å². The van der Waals surface area contributed by atoms with Gasteiger partial charge in [-0.1, -0.05) is 56.6 Å². The van der Waals surface area contributed by atoms with E-state index < -0.39 is 0 Å². The van der Waals surface area contributed by atoms with Crippen LogP contribution >= 0.6 is 15.9 Å². The normalized spacial score (nSPS) is 21.3. The summed E-state index contributed by atoms with van der Waals surface area (Å²) < 4.78 is 1.22. The molecule has 21 heavy (non-hydrogen) atoms. The monoisotopic (exact) mass is 351 g/mol. The van der Waals surface area contributed by atoms with Gasteiger partial charge >= 0.3 is 0 Å². The second-order valence-electron chi connectivity index (χ2n) is 7.81. The molecule has 2 heteroatoms. The first-order valence-electron chi connectivity index (χ1n) is 8.14. The maximum Gasteiger partial charge on any atom is 0.0362 e. The second kappa shape index (κ2) is 5.70. The van der Waals surface area contributed by atoms with Crippen LogP contribution in [-0.4, -0.2) is 6.54 Å². The molecule has 1 saturated carbocycles. The van der Waals surface area contributed by atoms with Crippen LogP contribution in [0.5, 0.6) is 0 Å². The van der Waals surface area contributed by atoms with Gasteiger partial charge < -0.3 is 5.32 Å². The van der Waals surface area contributed by atoms with Crippen molar-refractivity contribution in [1.29, 1.82) is 0 Å². The highest BCUT2D eigenvalue weighted by Crippen LogP contribution is 2.72. The van der Waals surface area contributed by atoms with Crippen molar-refractivity contribution in [3.05, 3.63) is 33.3 Å². The highest BCUT2D eigenvalue weighted by atomic mass is 79.9. The number of hydrogen-bond acceptors (Lipinski definition) is 1. The highest BCUT2D eigenvalue weighted by Gasteiger charge is 2.67. The van der Waals surface area contributed by atoms with Crippen molar-refractivity contribution in [2.75, 3.05) is 6.54 Å².